The Labute approximate surface area is 117 Å². The van der Waals surface area contributed by atoms with Gasteiger partial charge in [-0.25, -0.2) is 0 Å². The number of nitrogens with one attached hydrogen (secondary N) is 1. The maximum atomic E-state index is 3.76. The molecule has 1 aliphatic rings. The fraction of sp³-hybridized carbons (Fsp3) is 0.692. The number of hydrogen-bond donors (Lipinski definition) is 1. The van der Waals surface area contributed by atoms with E-state index in [-0.39, 0.29) is 0 Å². The van der Waals surface area contributed by atoms with Crippen LogP contribution in [0.5, 0.6) is 0 Å². The topological polar surface area (TPSA) is 15.3 Å². The van der Waals surface area contributed by atoms with Crippen molar-refractivity contribution in [2.45, 2.75) is 38.3 Å². The summed E-state index contributed by atoms with van der Waals surface area (Å²) < 4.78 is 1.27. The van der Waals surface area contributed by atoms with E-state index in [1.54, 1.807) is 4.88 Å². The van der Waals surface area contributed by atoms with E-state index in [0.29, 0.717) is 12.1 Å². The largest absolute Gasteiger partial charge is 0.308 e. The Hall–Kier alpha value is 0.100. The van der Waals surface area contributed by atoms with E-state index in [2.05, 4.69) is 53.2 Å². The summed E-state index contributed by atoms with van der Waals surface area (Å²) in [7, 11) is 4.26. The minimum atomic E-state index is 0.541. The average Bonchev–Trinajstić information content (AvgIpc) is 2.58. The summed E-state index contributed by atoms with van der Waals surface area (Å²) in [6.07, 6.45) is 3.84. The quantitative estimate of drug-likeness (QED) is 0.915. The molecule has 0 aliphatic heterocycles. The molecule has 0 spiro atoms. The second kappa shape index (κ2) is 5.83. The van der Waals surface area contributed by atoms with Gasteiger partial charge in [0.1, 0.15) is 0 Å². The molecule has 96 valence electrons. The van der Waals surface area contributed by atoms with E-state index in [1.165, 1.54) is 28.6 Å². The van der Waals surface area contributed by atoms with E-state index in [0.717, 1.165) is 6.54 Å². The first-order valence-electron chi connectivity index (χ1n) is 6.25. The van der Waals surface area contributed by atoms with Crippen molar-refractivity contribution in [3.8, 4) is 0 Å². The van der Waals surface area contributed by atoms with Crippen molar-refractivity contribution in [2.75, 3.05) is 20.6 Å². The van der Waals surface area contributed by atoms with Gasteiger partial charge in [-0.1, -0.05) is 0 Å². The normalized spacial score (nSPS) is 21.6. The number of hydrogen-bond acceptors (Lipinski definition) is 3. The summed E-state index contributed by atoms with van der Waals surface area (Å²) in [5.41, 5.74) is 1.53. The van der Waals surface area contributed by atoms with Crippen LogP contribution in [0.4, 0.5) is 0 Å². The highest BCUT2D eigenvalue weighted by molar-refractivity contribution is 9.11. The Balaban J connectivity index is 2.03. The maximum Gasteiger partial charge on any atom is 0.0704 e. The number of rotatable bonds is 4. The van der Waals surface area contributed by atoms with E-state index >= 15 is 0 Å². The summed E-state index contributed by atoms with van der Waals surface area (Å²) >= 11 is 5.51. The molecule has 0 amide bonds. The molecule has 1 aliphatic carbocycles. The minimum Gasteiger partial charge on any atom is -0.308 e. The van der Waals surface area contributed by atoms with Gasteiger partial charge in [0.15, 0.2) is 0 Å². The molecule has 0 fully saturated rings. The lowest BCUT2D eigenvalue weighted by Gasteiger charge is -2.28. The van der Waals surface area contributed by atoms with Gasteiger partial charge in [-0.2, -0.15) is 0 Å². The Morgan fingerprint density at radius 3 is 3.06 bits per heavy atom. The van der Waals surface area contributed by atoms with Gasteiger partial charge in [-0.05, 0) is 67.8 Å². The number of fused-ring (bicyclic) bond motifs is 1. The molecule has 1 heterocycles. The van der Waals surface area contributed by atoms with Crippen LogP contribution < -0.4 is 5.32 Å². The zero-order chi connectivity index (χ0) is 12.4. The third-order valence-electron chi connectivity index (χ3n) is 3.21. The first-order valence-corrected chi connectivity index (χ1v) is 7.86. The van der Waals surface area contributed by atoms with Gasteiger partial charge in [-0.3, -0.25) is 0 Å². The van der Waals surface area contributed by atoms with Crippen molar-refractivity contribution in [3.63, 3.8) is 0 Å². The van der Waals surface area contributed by atoms with Crippen LogP contribution in [0.2, 0.25) is 0 Å². The van der Waals surface area contributed by atoms with E-state index in [1.807, 2.05) is 11.3 Å². The average molecular weight is 317 g/mol. The molecule has 0 saturated heterocycles. The second-order valence-electron chi connectivity index (χ2n) is 5.20. The van der Waals surface area contributed by atoms with Crippen molar-refractivity contribution in [1.82, 2.24) is 10.2 Å². The van der Waals surface area contributed by atoms with Crippen molar-refractivity contribution in [3.05, 3.63) is 20.3 Å². The van der Waals surface area contributed by atoms with Crippen LogP contribution in [-0.4, -0.2) is 31.6 Å². The first kappa shape index (κ1) is 13.5. The summed E-state index contributed by atoms with van der Waals surface area (Å²) in [6.45, 7) is 3.37. The van der Waals surface area contributed by atoms with Crippen LogP contribution in [0.25, 0.3) is 0 Å². The maximum absolute atomic E-state index is 3.76. The number of halogens is 1. The van der Waals surface area contributed by atoms with Crippen LogP contribution >= 0.6 is 27.3 Å². The lowest BCUT2D eigenvalue weighted by Crippen LogP contribution is -2.38. The number of nitrogens with zero attached hydrogens (tertiary/aromatic N) is 1. The lowest BCUT2D eigenvalue weighted by atomic mass is 9.93. The highest BCUT2D eigenvalue weighted by atomic mass is 79.9. The molecule has 2 nitrogen and oxygen atoms in total. The Kier molecular flexibility index (Phi) is 4.64. The number of likely N-dealkylation sites (N-methyl/N-ethyl adjacent to an activating group) is 1. The zero-order valence-electron chi connectivity index (χ0n) is 10.8. The zero-order valence-corrected chi connectivity index (χ0v) is 13.2. The monoisotopic (exact) mass is 316 g/mol. The number of thiophene rings is 1. The molecule has 17 heavy (non-hydrogen) atoms. The molecular formula is C13H21BrN2S. The van der Waals surface area contributed by atoms with Crippen molar-refractivity contribution >= 4 is 27.3 Å². The van der Waals surface area contributed by atoms with Gasteiger partial charge < -0.3 is 10.2 Å². The van der Waals surface area contributed by atoms with Gasteiger partial charge in [0.05, 0.1) is 3.79 Å². The summed E-state index contributed by atoms with van der Waals surface area (Å²) in [6, 6.07) is 3.40. The van der Waals surface area contributed by atoms with Crippen LogP contribution in [0.3, 0.4) is 0 Å². The lowest BCUT2D eigenvalue weighted by molar-refractivity contribution is 0.318. The summed E-state index contributed by atoms with van der Waals surface area (Å²) in [4.78, 5) is 3.81. The molecule has 1 N–H and O–H groups in total. The second-order valence-corrected chi connectivity index (χ2v) is 7.72. The van der Waals surface area contributed by atoms with Crippen LogP contribution in [0.1, 0.15) is 36.2 Å². The summed E-state index contributed by atoms with van der Waals surface area (Å²) in [5.74, 6) is 0. The third-order valence-corrected chi connectivity index (χ3v) is 4.92. The molecule has 0 radical (unpaired) electrons. The molecule has 0 saturated carbocycles. The molecular weight excluding hydrogens is 296 g/mol. The van der Waals surface area contributed by atoms with E-state index in [4.69, 9.17) is 0 Å². The van der Waals surface area contributed by atoms with Gasteiger partial charge in [-0.15, -0.1) is 11.3 Å². The van der Waals surface area contributed by atoms with Crippen LogP contribution in [0, 0.1) is 0 Å². The SMILES string of the molecule is CC(CN(C)C)NC1CCCc2sc(Br)cc21. The Morgan fingerprint density at radius 1 is 1.59 bits per heavy atom. The van der Waals surface area contributed by atoms with Gasteiger partial charge in [0.25, 0.3) is 0 Å². The van der Waals surface area contributed by atoms with Crippen molar-refractivity contribution in [1.29, 1.82) is 0 Å². The standard InChI is InChI=1S/C13H21BrN2S/c1-9(8-16(2)3)15-11-5-4-6-12-10(11)7-13(14)17-12/h7,9,11,15H,4-6,8H2,1-3H3. The van der Waals surface area contributed by atoms with Gasteiger partial charge in [0.2, 0.25) is 0 Å². The molecule has 1 aromatic rings. The Morgan fingerprint density at radius 2 is 2.35 bits per heavy atom. The summed E-state index contributed by atoms with van der Waals surface area (Å²) in [5, 5.41) is 3.76. The Bertz CT molecular complexity index is 375. The molecule has 2 atom stereocenters. The highest BCUT2D eigenvalue weighted by Crippen LogP contribution is 2.38. The van der Waals surface area contributed by atoms with Crippen molar-refractivity contribution in [2.24, 2.45) is 0 Å². The first-order chi connectivity index (χ1) is 8.06. The molecule has 0 bridgehead atoms. The minimum absolute atomic E-state index is 0.541. The van der Waals surface area contributed by atoms with Crippen LogP contribution in [-0.2, 0) is 6.42 Å². The van der Waals surface area contributed by atoms with Crippen molar-refractivity contribution < 1.29 is 0 Å². The van der Waals surface area contributed by atoms with Gasteiger partial charge >= 0.3 is 0 Å². The fourth-order valence-corrected chi connectivity index (χ4v) is 4.46. The molecule has 1 aromatic heterocycles. The molecule has 2 rings (SSSR count). The smallest absolute Gasteiger partial charge is 0.0704 e. The third kappa shape index (κ3) is 3.53. The predicted molar refractivity (Wildman–Crippen MR) is 78.8 cm³/mol. The van der Waals surface area contributed by atoms with E-state index in [9.17, 15) is 0 Å². The molecule has 2 unspecified atom stereocenters. The predicted octanol–water partition coefficient (Wildman–Crippen LogP) is 3.43. The highest BCUT2D eigenvalue weighted by Gasteiger charge is 2.23. The molecule has 0 aromatic carbocycles. The number of aryl methyl sites for hydroxylation is 1. The van der Waals surface area contributed by atoms with Crippen LogP contribution in [0.15, 0.2) is 9.85 Å². The van der Waals surface area contributed by atoms with E-state index < -0.39 is 0 Å². The fourth-order valence-electron chi connectivity index (χ4n) is 2.64. The van der Waals surface area contributed by atoms with Gasteiger partial charge in [0, 0.05) is 23.5 Å². The molecule has 4 heteroatoms.